The number of amides is 1. The highest BCUT2D eigenvalue weighted by molar-refractivity contribution is 8.00. The van der Waals surface area contributed by atoms with Gasteiger partial charge in [0.2, 0.25) is 5.91 Å². The zero-order valence-electron chi connectivity index (χ0n) is 11.2. The number of carboxylic acid groups (broad SMARTS) is 1. The second kappa shape index (κ2) is 6.43. The molecule has 0 aliphatic heterocycles. The molecule has 2 rings (SSSR count). The Balaban J connectivity index is 1.87. The van der Waals surface area contributed by atoms with E-state index in [0.717, 1.165) is 30.7 Å². The fourth-order valence-electron chi connectivity index (χ4n) is 2.16. The SMILES string of the molecule is O=C(O)CSCC(=O)NCC1(c2ccc(F)cc2F)CC1. The van der Waals surface area contributed by atoms with Gasteiger partial charge in [-0.25, -0.2) is 8.78 Å². The van der Waals surface area contributed by atoms with Gasteiger partial charge in [-0.15, -0.1) is 11.8 Å². The Bertz CT molecular complexity index is 561. The summed E-state index contributed by atoms with van der Waals surface area (Å²) in [5, 5.41) is 11.2. The number of carboxylic acids is 1. The van der Waals surface area contributed by atoms with E-state index < -0.39 is 23.0 Å². The molecule has 2 N–H and O–H groups in total. The number of hydrogen-bond acceptors (Lipinski definition) is 3. The Morgan fingerprint density at radius 1 is 1.29 bits per heavy atom. The molecule has 0 heterocycles. The minimum Gasteiger partial charge on any atom is -0.481 e. The molecule has 0 radical (unpaired) electrons. The van der Waals surface area contributed by atoms with Gasteiger partial charge in [-0.1, -0.05) is 6.07 Å². The van der Waals surface area contributed by atoms with Crippen molar-refractivity contribution in [2.75, 3.05) is 18.1 Å². The molecule has 1 aliphatic carbocycles. The van der Waals surface area contributed by atoms with E-state index in [2.05, 4.69) is 5.32 Å². The van der Waals surface area contributed by atoms with Crippen molar-refractivity contribution in [1.82, 2.24) is 5.32 Å². The molecule has 4 nitrogen and oxygen atoms in total. The van der Waals surface area contributed by atoms with Gasteiger partial charge in [0, 0.05) is 18.0 Å². The third-order valence-corrected chi connectivity index (χ3v) is 4.36. The predicted molar refractivity (Wildman–Crippen MR) is 75.2 cm³/mol. The number of nitrogens with one attached hydrogen (secondary N) is 1. The quantitative estimate of drug-likeness (QED) is 0.807. The Morgan fingerprint density at radius 3 is 2.57 bits per heavy atom. The van der Waals surface area contributed by atoms with Crippen molar-refractivity contribution in [3.05, 3.63) is 35.4 Å². The van der Waals surface area contributed by atoms with Crippen molar-refractivity contribution in [1.29, 1.82) is 0 Å². The van der Waals surface area contributed by atoms with Gasteiger partial charge < -0.3 is 10.4 Å². The van der Waals surface area contributed by atoms with Crippen molar-refractivity contribution >= 4 is 23.6 Å². The molecule has 7 heteroatoms. The van der Waals surface area contributed by atoms with Crippen molar-refractivity contribution in [2.24, 2.45) is 0 Å². The largest absolute Gasteiger partial charge is 0.481 e. The summed E-state index contributed by atoms with van der Waals surface area (Å²) in [4.78, 5) is 21.9. The Labute approximate surface area is 124 Å². The summed E-state index contributed by atoms with van der Waals surface area (Å²) >= 11 is 1.01. The van der Waals surface area contributed by atoms with Crippen LogP contribution in [-0.4, -0.2) is 35.0 Å². The van der Waals surface area contributed by atoms with Gasteiger partial charge in [-0.05, 0) is 24.5 Å². The summed E-state index contributed by atoms with van der Waals surface area (Å²) in [7, 11) is 0. The summed E-state index contributed by atoms with van der Waals surface area (Å²) in [6, 6.07) is 3.48. The number of carbonyl (C=O) groups is 2. The molecular weight excluding hydrogens is 300 g/mol. The first-order chi connectivity index (χ1) is 9.93. The first-order valence-corrected chi connectivity index (χ1v) is 7.60. The molecule has 1 saturated carbocycles. The third-order valence-electron chi connectivity index (χ3n) is 3.44. The maximum absolute atomic E-state index is 13.8. The van der Waals surface area contributed by atoms with Crippen molar-refractivity contribution in [3.8, 4) is 0 Å². The first-order valence-electron chi connectivity index (χ1n) is 6.45. The van der Waals surface area contributed by atoms with Crippen LogP contribution in [0.1, 0.15) is 18.4 Å². The average molecular weight is 315 g/mol. The number of halogens is 2. The summed E-state index contributed by atoms with van der Waals surface area (Å²) in [6.07, 6.45) is 1.47. The van der Waals surface area contributed by atoms with Crippen LogP contribution in [-0.2, 0) is 15.0 Å². The molecule has 0 unspecified atom stereocenters. The number of hydrogen-bond donors (Lipinski definition) is 2. The molecule has 1 fully saturated rings. The summed E-state index contributed by atoms with van der Waals surface area (Å²) in [5.74, 6) is -2.56. The predicted octanol–water partition coefficient (Wildman–Crippen LogP) is 1.93. The van der Waals surface area contributed by atoms with Gasteiger partial charge in [-0.3, -0.25) is 9.59 Å². The second-order valence-corrected chi connectivity index (χ2v) is 6.05. The van der Waals surface area contributed by atoms with E-state index in [-0.39, 0.29) is 24.0 Å². The molecule has 0 bridgehead atoms. The van der Waals surface area contributed by atoms with Crippen LogP contribution in [0.25, 0.3) is 0 Å². The Kier molecular flexibility index (Phi) is 4.82. The maximum atomic E-state index is 13.8. The van der Waals surface area contributed by atoms with Crippen LogP contribution in [0, 0.1) is 11.6 Å². The summed E-state index contributed by atoms with van der Waals surface area (Å²) in [6.45, 7) is 0.280. The molecule has 1 aromatic rings. The minimum atomic E-state index is -0.972. The van der Waals surface area contributed by atoms with Gasteiger partial charge in [0.25, 0.3) is 0 Å². The van der Waals surface area contributed by atoms with Crippen LogP contribution in [0.2, 0.25) is 0 Å². The highest BCUT2D eigenvalue weighted by atomic mass is 32.2. The number of benzene rings is 1. The van der Waals surface area contributed by atoms with Crippen molar-refractivity contribution in [3.63, 3.8) is 0 Å². The zero-order chi connectivity index (χ0) is 15.5. The van der Waals surface area contributed by atoms with Gasteiger partial charge in [0.1, 0.15) is 11.6 Å². The monoisotopic (exact) mass is 315 g/mol. The van der Waals surface area contributed by atoms with Crippen LogP contribution in [0.3, 0.4) is 0 Å². The minimum absolute atomic E-state index is 0.0499. The molecule has 0 spiro atoms. The van der Waals surface area contributed by atoms with Gasteiger partial charge >= 0.3 is 5.97 Å². The molecule has 1 aliphatic rings. The van der Waals surface area contributed by atoms with E-state index in [1.807, 2.05) is 0 Å². The number of aliphatic carboxylic acids is 1. The summed E-state index contributed by atoms with van der Waals surface area (Å²) in [5.41, 5.74) is -0.0346. The lowest BCUT2D eigenvalue weighted by Crippen LogP contribution is -2.34. The normalized spacial score (nSPS) is 15.5. The standard InChI is InChI=1S/C14H15F2NO3S/c15-9-1-2-10(11(16)5-9)14(3-4-14)8-17-12(18)6-21-7-13(19)20/h1-2,5H,3-4,6-8H2,(H,17,18)(H,19,20). The number of rotatable bonds is 7. The fourth-order valence-corrected chi connectivity index (χ4v) is 2.73. The molecule has 0 saturated heterocycles. The molecule has 114 valence electrons. The number of thioether (sulfide) groups is 1. The van der Waals surface area contributed by atoms with E-state index in [9.17, 15) is 18.4 Å². The van der Waals surface area contributed by atoms with E-state index >= 15 is 0 Å². The molecular formula is C14H15F2NO3S. The van der Waals surface area contributed by atoms with Crippen LogP contribution in [0.4, 0.5) is 8.78 Å². The molecule has 1 aromatic carbocycles. The lowest BCUT2D eigenvalue weighted by Gasteiger charge is -2.17. The second-order valence-electron chi connectivity index (χ2n) is 5.07. The van der Waals surface area contributed by atoms with Gasteiger partial charge in [0.05, 0.1) is 11.5 Å². The zero-order valence-corrected chi connectivity index (χ0v) is 12.0. The van der Waals surface area contributed by atoms with E-state index in [4.69, 9.17) is 5.11 Å². The molecule has 21 heavy (non-hydrogen) atoms. The highest BCUT2D eigenvalue weighted by Crippen LogP contribution is 2.48. The highest BCUT2D eigenvalue weighted by Gasteiger charge is 2.46. The fraction of sp³-hybridized carbons (Fsp3) is 0.429. The molecule has 0 atom stereocenters. The van der Waals surface area contributed by atoms with E-state index in [1.165, 1.54) is 12.1 Å². The van der Waals surface area contributed by atoms with Gasteiger partial charge in [-0.2, -0.15) is 0 Å². The summed E-state index contributed by atoms with van der Waals surface area (Å²) < 4.78 is 26.7. The lowest BCUT2D eigenvalue weighted by atomic mass is 9.95. The van der Waals surface area contributed by atoms with Crippen LogP contribution in [0.15, 0.2) is 18.2 Å². The third kappa shape index (κ3) is 4.17. The first kappa shape index (κ1) is 15.8. The Hall–Kier alpha value is -1.63. The molecule has 0 aromatic heterocycles. The molecule has 1 amide bonds. The van der Waals surface area contributed by atoms with Gasteiger partial charge in [0.15, 0.2) is 0 Å². The van der Waals surface area contributed by atoms with E-state index in [0.29, 0.717) is 5.56 Å². The van der Waals surface area contributed by atoms with E-state index in [1.54, 1.807) is 0 Å². The Morgan fingerprint density at radius 2 is 2.00 bits per heavy atom. The van der Waals surface area contributed by atoms with Crippen LogP contribution >= 0.6 is 11.8 Å². The van der Waals surface area contributed by atoms with Crippen LogP contribution < -0.4 is 5.32 Å². The lowest BCUT2D eigenvalue weighted by molar-refractivity contribution is -0.133. The topological polar surface area (TPSA) is 66.4 Å². The average Bonchev–Trinajstić information content (AvgIpc) is 3.17. The van der Waals surface area contributed by atoms with Crippen molar-refractivity contribution in [2.45, 2.75) is 18.3 Å². The van der Waals surface area contributed by atoms with Crippen molar-refractivity contribution < 1.29 is 23.5 Å². The smallest absolute Gasteiger partial charge is 0.313 e. The van der Waals surface area contributed by atoms with Crippen LogP contribution in [0.5, 0.6) is 0 Å². The number of carbonyl (C=O) groups excluding carboxylic acids is 1. The maximum Gasteiger partial charge on any atom is 0.313 e.